The number of fused-ring (bicyclic) bond motifs is 3. The van der Waals surface area contributed by atoms with E-state index in [0.717, 1.165) is 23.7 Å². The number of benzene rings is 1. The first-order valence-electron chi connectivity index (χ1n) is 7.26. The smallest absolute Gasteiger partial charge is 0.278 e. The number of para-hydroxylation sites is 1. The molecule has 1 aliphatic heterocycles. The maximum Gasteiger partial charge on any atom is 0.278 e. The Kier molecular flexibility index (Phi) is 3.41. The highest BCUT2D eigenvalue weighted by Crippen LogP contribution is 2.34. The van der Waals surface area contributed by atoms with Crippen molar-refractivity contribution in [1.29, 1.82) is 0 Å². The van der Waals surface area contributed by atoms with Crippen molar-refractivity contribution in [2.45, 2.75) is 39.3 Å². The summed E-state index contributed by atoms with van der Waals surface area (Å²) >= 11 is 0. The number of hydrogen-bond donors (Lipinski definition) is 1. The third-order valence-electron chi connectivity index (χ3n) is 3.77. The van der Waals surface area contributed by atoms with Crippen LogP contribution in [0.3, 0.4) is 0 Å². The predicted molar refractivity (Wildman–Crippen MR) is 81.8 cm³/mol. The third kappa shape index (κ3) is 2.18. The van der Waals surface area contributed by atoms with Crippen LogP contribution in [0.2, 0.25) is 0 Å². The van der Waals surface area contributed by atoms with E-state index in [1.165, 1.54) is 0 Å². The van der Waals surface area contributed by atoms with Crippen LogP contribution in [0.5, 0.6) is 5.75 Å². The number of anilines is 1. The van der Waals surface area contributed by atoms with E-state index < -0.39 is 6.10 Å². The van der Waals surface area contributed by atoms with Gasteiger partial charge in [-0.25, -0.2) is 0 Å². The van der Waals surface area contributed by atoms with E-state index in [4.69, 9.17) is 4.74 Å². The van der Waals surface area contributed by atoms with E-state index in [0.29, 0.717) is 12.3 Å². The number of aryl methyl sites for hydroxylation is 1. The van der Waals surface area contributed by atoms with Gasteiger partial charge in [-0.1, -0.05) is 25.5 Å². The van der Waals surface area contributed by atoms with E-state index >= 15 is 0 Å². The second-order valence-electron chi connectivity index (χ2n) is 5.28. The molecular formula is C16H18N2O3. The van der Waals surface area contributed by atoms with Gasteiger partial charge < -0.3 is 14.6 Å². The number of nitrogens with zero attached hydrogens (tertiary/aromatic N) is 1. The Morgan fingerprint density at radius 2 is 2.05 bits per heavy atom. The monoisotopic (exact) mass is 286 g/mol. The largest absolute Gasteiger partial charge is 0.478 e. The highest BCUT2D eigenvalue weighted by molar-refractivity contribution is 6.02. The maximum absolute atomic E-state index is 12.7. The number of carbonyl (C=O) groups excluding carboxylic acids is 1. The number of rotatable bonds is 3. The molecule has 1 atom stereocenters. The lowest BCUT2D eigenvalue weighted by molar-refractivity contribution is -0.122. The molecule has 1 aliphatic rings. The molecule has 1 aromatic heterocycles. The summed E-state index contributed by atoms with van der Waals surface area (Å²) in [7, 11) is 0. The number of amides is 1. The molecule has 0 aliphatic carbocycles. The van der Waals surface area contributed by atoms with Crippen molar-refractivity contribution < 1.29 is 9.53 Å². The van der Waals surface area contributed by atoms with Crippen LogP contribution < -0.4 is 15.6 Å². The Labute approximate surface area is 122 Å². The number of carbonyl (C=O) groups is 1. The lowest BCUT2D eigenvalue weighted by atomic mass is 10.1. The average Bonchev–Trinajstić information content (AvgIpc) is 2.49. The summed E-state index contributed by atoms with van der Waals surface area (Å²) in [6.07, 6.45) is 1.32. The number of unbranched alkanes of at least 4 members (excludes halogenated alkanes) is 1. The molecule has 5 nitrogen and oxygen atoms in total. The Morgan fingerprint density at radius 3 is 2.81 bits per heavy atom. The SMILES string of the molecule is CCCCn1c(=O)c2c(c3ccccc31)O[C@H](C)C(=O)N2. The summed E-state index contributed by atoms with van der Waals surface area (Å²) in [5, 5.41) is 3.55. The van der Waals surface area contributed by atoms with Crippen LogP contribution in [0.15, 0.2) is 29.1 Å². The van der Waals surface area contributed by atoms with Crippen LogP contribution in [0.25, 0.3) is 10.9 Å². The summed E-state index contributed by atoms with van der Waals surface area (Å²) < 4.78 is 7.39. The molecule has 0 radical (unpaired) electrons. The fourth-order valence-electron chi connectivity index (χ4n) is 2.60. The van der Waals surface area contributed by atoms with Gasteiger partial charge in [0.1, 0.15) is 0 Å². The molecule has 0 bridgehead atoms. The quantitative estimate of drug-likeness (QED) is 0.943. The lowest BCUT2D eigenvalue weighted by Gasteiger charge is -2.25. The number of ether oxygens (including phenoxy) is 1. The molecule has 3 rings (SSSR count). The molecule has 1 amide bonds. The van der Waals surface area contributed by atoms with Gasteiger partial charge in [0.2, 0.25) is 0 Å². The predicted octanol–water partition coefficient (Wildman–Crippen LogP) is 2.52. The van der Waals surface area contributed by atoms with Crippen molar-refractivity contribution in [3.63, 3.8) is 0 Å². The summed E-state index contributed by atoms with van der Waals surface area (Å²) in [6, 6.07) is 7.64. The second kappa shape index (κ2) is 5.24. The number of nitrogens with one attached hydrogen (secondary N) is 1. The molecule has 1 aromatic carbocycles. The molecule has 1 N–H and O–H groups in total. The van der Waals surface area contributed by atoms with Crippen LogP contribution in [0, 0.1) is 0 Å². The zero-order valence-electron chi connectivity index (χ0n) is 12.2. The molecule has 5 heteroatoms. The lowest BCUT2D eigenvalue weighted by Crippen LogP contribution is -2.39. The van der Waals surface area contributed by atoms with E-state index in [-0.39, 0.29) is 17.2 Å². The van der Waals surface area contributed by atoms with E-state index in [2.05, 4.69) is 12.2 Å². The summed E-state index contributed by atoms with van der Waals surface area (Å²) in [6.45, 7) is 4.39. The number of hydrogen-bond acceptors (Lipinski definition) is 3. The van der Waals surface area contributed by atoms with Gasteiger partial charge in [0.25, 0.3) is 11.5 Å². The first-order chi connectivity index (χ1) is 10.1. The summed E-state index contributed by atoms with van der Waals surface area (Å²) in [4.78, 5) is 24.4. The Bertz CT molecular complexity index is 764. The molecule has 0 spiro atoms. The minimum Gasteiger partial charge on any atom is -0.478 e. The Hall–Kier alpha value is -2.30. The highest BCUT2D eigenvalue weighted by atomic mass is 16.5. The van der Waals surface area contributed by atoms with Gasteiger partial charge in [-0.15, -0.1) is 0 Å². The molecule has 110 valence electrons. The topological polar surface area (TPSA) is 60.3 Å². The van der Waals surface area contributed by atoms with Gasteiger partial charge in [-0.05, 0) is 25.5 Å². The van der Waals surface area contributed by atoms with Crippen molar-refractivity contribution in [3.8, 4) is 5.75 Å². The summed E-state index contributed by atoms with van der Waals surface area (Å²) in [5.41, 5.74) is 0.906. The fraction of sp³-hybridized carbons (Fsp3) is 0.375. The van der Waals surface area contributed by atoms with Gasteiger partial charge in [0.15, 0.2) is 17.5 Å². The molecule has 2 heterocycles. The standard InChI is InChI=1S/C16H18N2O3/c1-3-4-9-18-12-8-6-5-7-11(12)14-13(16(18)20)17-15(19)10(2)21-14/h5-8,10H,3-4,9H2,1-2H3,(H,17,19)/t10-/m1/s1. The third-order valence-corrected chi connectivity index (χ3v) is 3.77. The molecular weight excluding hydrogens is 268 g/mol. The minimum atomic E-state index is -0.591. The van der Waals surface area contributed by atoms with Crippen LogP contribution in [-0.2, 0) is 11.3 Å². The first-order valence-corrected chi connectivity index (χ1v) is 7.26. The van der Waals surface area contributed by atoms with Gasteiger partial charge in [0, 0.05) is 11.9 Å². The van der Waals surface area contributed by atoms with E-state index in [1.807, 2.05) is 24.3 Å². The highest BCUT2D eigenvalue weighted by Gasteiger charge is 2.28. The minimum absolute atomic E-state index is 0.197. The van der Waals surface area contributed by atoms with Crippen LogP contribution >= 0.6 is 0 Å². The number of pyridine rings is 1. The molecule has 21 heavy (non-hydrogen) atoms. The van der Waals surface area contributed by atoms with Crippen molar-refractivity contribution >= 4 is 22.5 Å². The zero-order valence-corrected chi connectivity index (χ0v) is 12.2. The van der Waals surface area contributed by atoms with Crippen molar-refractivity contribution in [3.05, 3.63) is 34.6 Å². The van der Waals surface area contributed by atoms with Crippen molar-refractivity contribution in [2.75, 3.05) is 5.32 Å². The van der Waals surface area contributed by atoms with Gasteiger partial charge in [-0.3, -0.25) is 9.59 Å². The van der Waals surface area contributed by atoms with E-state index in [9.17, 15) is 9.59 Å². The van der Waals surface area contributed by atoms with E-state index in [1.54, 1.807) is 11.5 Å². The van der Waals surface area contributed by atoms with Crippen LogP contribution in [0.1, 0.15) is 26.7 Å². The normalized spacial score (nSPS) is 17.2. The van der Waals surface area contributed by atoms with Crippen LogP contribution in [-0.4, -0.2) is 16.6 Å². The number of aromatic nitrogens is 1. The fourth-order valence-corrected chi connectivity index (χ4v) is 2.60. The Balaban J connectivity index is 2.29. The molecule has 0 saturated carbocycles. The summed E-state index contributed by atoms with van der Waals surface area (Å²) in [5.74, 6) is 0.201. The molecule has 0 unspecified atom stereocenters. The Morgan fingerprint density at radius 1 is 1.29 bits per heavy atom. The second-order valence-corrected chi connectivity index (χ2v) is 5.28. The molecule has 2 aromatic rings. The van der Waals surface area contributed by atoms with Gasteiger partial charge in [0.05, 0.1) is 5.52 Å². The van der Waals surface area contributed by atoms with Gasteiger partial charge in [-0.2, -0.15) is 0 Å². The van der Waals surface area contributed by atoms with Gasteiger partial charge >= 0.3 is 0 Å². The average molecular weight is 286 g/mol. The maximum atomic E-state index is 12.7. The van der Waals surface area contributed by atoms with Crippen LogP contribution in [0.4, 0.5) is 5.69 Å². The van der Waals surface area contributed by atoms with Crippen molar-refractivity contribution in [1.82, 2.24) is 4.57 Å². The first kappa shape index (κ1) is 13.7. The zero-order chi connectivity index (χ0) is 15.0. The molecule has 0 fully saturated rings. The van der Waals surface area contributed by atoms with Crippen molar-refractivity contribution in [2.24, 2.45) is 0 Å². The molecule has 0 saturated heterocycles.